The monoisotopic (exact) mass is 398 g/mol. The summed E-state index contributed by atoms with van der Waals surface area (Å²) < 4.78 is 6.37. The molecule has 0 unspecified atom stereocenters. The standard InChI is InChI=1S/C25H22N2OS/c1-3-9-20-18(7-1)17-28-25(20)13-15-27(16-14-25)24-19-8-2-5-11-22(19)29-23-12-6-4-10-21(23)26-24/h1-12H,13-17H2. The number of aliphatic imine (C=N–C) groups is 1. The zero-order chi connectivity index (χ0) is 19.3. The molecule has 0 aliphatic carbocycles. The highest BCUT2D eigenvalue weighted by Gasteiger charge is 2.43. The van der Waals surface area contributed by atoms with Crippen LogP contribution in [-0.4, -0.2) is 23.8 Å². The van der Waals surface area contributed by atoms with Crippen LogP contribution < -0.4 is 0 Å². The molecule has 4 heteroatoms. The summed E-state index contributed by atoms with van der Waals surface area (Å²) in [7, 11) is 0. The van der Waals surface area contributed by atoms with Crippen LogP contribution in [0.5, 0.6) is 0 Å². The first-order valence-electron chi connectivity index (χ1n) is 10.2. The fourth-order valence-corrected chi connectivity index (χ4v) is 5.81. The molecule has 3 aliphatic rings. The summed E-state index contributed by atoms with van der Waals surface area (Å²) in [4.78, 5) is 10.1. The van der Waals surface area contributed by atoms with Gasteiger partial charge in [-0.25, -0.2) is 4.99 Å². The first kappa shape index (κ1) is 17.3. The molecule has 29 heavy (non-hydrogen) atoms. The van der Waals surface area contributed by atoms with Gasteiger partial charge < -0.3 is 9.64 Å². The predicted octanol–water partition coefficient (Wildman–Crippen LogP) is 5.75. The highest BCUT2D eigenvalue weighted by molar-refractivity contribution is 7.99. The van der Waals surface area contributed by atoms with Gasteiger partial charge in [-0.3, -0.25) is 0 Å². The number of hydrogen-bond donors (Lipinski definition) is 0. The molecule has 144 valence electrons. The Kier molecular flexibility index (Phi) is 4.03. The largest absolute Gasteiger partial charge is 0.365 e. The van der Waals surface area contributed by atoms with Crippen molar-refractivity contribution in [1.29, 1.82) is 0 Å². The number of rotatable bonds is 0. The molecule has 3 heterocycles. The van der Waals surface area contributed by atoms with E-state index >= 15 is 0 Å². The second kappa shape index (κ2) is 6.75. The van der Waals surface area contributed by atoms with E-state index in [0.29, 0.717) is 0 Å². The number of likely N-dealkylation sites (tertiary alicyclic amines) is 1. The topological polar surface area (TPSA) is 24.8 Å². The minimum atomic E-state index is -0.120. The number of para-hydroxylation sites is 1. The van der Waals surface area contributed by atoms with Crippen molar-refractivity contribution >= 4 is 23.3 Å². The molecule has 0 amide bonds. The SMILES string of the molecule is c1ccc2c(c1)COC21CCN(C2=Nc3ccccc3Sc3ccccc32)CC1. The molecule has 3 aromatic carbocycles. The summed E-state index contributed by atoms with van der Waals surface area (Å²) in [6.07, 6.45) is 2.00. The van der Waals surface area contributed by atoms with Gasteiger partial charge >= 0.3 is 0 Å². The van der Waals surface area contributed by atoms with E-state index in [2.05, 4.69) is 77.7 Å². The van der Waals surface area contributed by atoms with Crippen molar-refractivity contribution in [3.63, 3.8) is 0 Å². The molecular weight excluding hydrogens is 376 g/mol. The van der Waals surface area contributed by atoms with Crippen molar-refractivity contribution < 1.29 is 4.74 Å². The van der Waals surface area contributed by atoms with E-state index in [1.165, 1.54) is 26.5 Å². The van der Waals surface area contributed by atoms with Crippen LogP contribution in [0.15, 0.2) is 87.6 Å². The van der Waals surface area contributed by atoms with Crippen LogP contribution in [0.3, 0.4) is 0 Å². The van der Waals surface area contributed by atoms with E-state index in [9.17, 15) is 0 Å². The highest BCUT2D eigenvalue weighted by atomic mass is 32.2. The van der Waals surface area contributed by atoms with Crippen molar-refractivity contribution in [2.75, 3.05) is 13.1 Å². The van der Waals surface area contributed by atoms with Crippen molar-refractivity contribution in [1.82, 2.24) is 4.90 Å². The number of amidine groups is 1. The summed E-state index contributed by atoms with van der Waals surface area (Å²) >= 11 is 1.81. The average molecular weight is 399 g/mol. The van der Waals surface area contributed by atoms with Crippen molar-refractivity contribution in [3.8, 4) is 0 Å². The second-order valence-electron chi connectivity index (χ2n) is 7.93. The second-order valence-corrected chi connectivity index (χ2v) is 9.01. The first-order chi connectivity index (χ1) is 14.3. The average Bonchev–Trinajstić information content (AvgIpc) is 3.03. The van der Waals surface area contributed by atoms with Gasteiger partial charge in [0.25, 0.3) is 0 Å². The van der Waals surface area contributed by atoms with Crippen LogP contribution in [0.25, 0.3) is 0 Å². The van der Waals surface area contributed by atoms with Gasteiger partial charge in [0, 0.05) is 28.4 Å². The molecule has 1 spiro atoms. The molecule has 0 aromatic heterocycles. The molecule has 0 atom stereocenters. The molecular formula is C25H22N2OS. The van der Waals surface area contributed by atoms with Crippen LogP contribution in [0, 0.1) is 0 Å². The van der Waals surface area contributed by atoms with E-state index in [1.54, 1.807) is 0 Å². The Morgan fingerprint density at radius 2 is 1.55 bits per heavy atom. The molecule has 0 radical (unpaired) electrons. The predicted molar refractivity (Wildman–Crippen MR) is 117 cm³/mol. The Morgan fingerprint density at radius 3 is 2.45 bits per heavy atom. The van der Waals surface area contributed by atoms with Gasteiger partial charge in [-0.2, -0.15) is 0 Å². The summed E-state index contributed by atoms with van der Waals surface area (Å²) in [6, 6.07) is 25.8. The number of benzene rings is 3. The third kappa shape index (κ3) is 2.82. The molecule has 3 aromatic rings. The van der Waals surface area contributed by atoms with Crippen LogP contribution in [-0.2, 0) is 16.9 Å². The Hall–Kier alpha value is -2.56. The lowest BCUT2D eigenvalue weighted by Gasteiger charge is -2.40. The summed E-state index contributed by atoms with van der Waals surface area (Å²) in [6.45, 7) is 2.65. The maximum atomic E-state index is 6.37. The lowest BCUT2D eigenvalue weighted by Crippen LogP contribution is -2.45. The van der Waals surface area contributed by atoms with E-state index in [4.69, 9.17) is 9.73 Å². The van der Waals surface area contributed by atoms with Gasteiger partial charge in [0.15, 0.2) is 0 Å². The molecule has 0 bridgehead atoms. The molecule has 6 rings (SSSR count). The van der Waals surface area contributed by atoms with Gasteiger partial charge in [0.05, 0.1) is 17.9 Å². The smallest absolute Gasteiger partial charge is 0.137 e. The maximum absolute atomic E-state index is 6.37. The van der Waals surface area contributed by atoms with Crippen molar-refractivity contribution in [3.05, 3.63) is 89.5 Å². The van der Waals surface area contributed by atoms with E-state index < -0.39 is 0 Å². The van der Waals surface area contributed by atoms with Gasteiger partial charge in [-0.15, -0.1) is 0 Å². The number of nitrogens with zero attached hydrogens (tertiary/aromatic N) is 2. The summed E-state index contributed by atoms with van der Waals surface area (Å²) in [5.74, 6) is 1.10. The Balaban J connectivity index is 1.36. The zero-order valence-corrected chi connectivity index (χ0v) is 17.0. The van der Waals surface area contributed by atoms with Gasteiger partial charge in [0.2, 0.25) is 0 Å². The fraction of sp³-hybridized carbons (Fsp3) is 0.240. The van der Waals surface area contributed by atoms with Gasteiger partial charge in [-0.1, -0.05) is 66.4 Å². The molecule has 3 aliphatic heterocycles. The van der Waals surface area contributed by atoms with Crippen LogP contribution in [0.2, 0.25) is 0 Å². The quantitative estimate of drug-likeness (QED) is 0.482. The van der Waals surface area contributed by atoms with Gasteiger partial charge in [-0.05, 0) is 42.2 Å². The number of fused-ring (bicyclic) bond motifs is 4. The zero-order valence-electron chi connectivity index (χ0n) is 16.2. The first-order valence-corrected chi connectivity index (χ1v) is 11.1. The molecule has 0 N–H and O–H groups in total. The minimum absolute atomic E-state index is 0.120. The number of piperidine rings is 1. The third-order valence-corrected chi connectivity index (χ3v) is 7.46. The molecule has 1 saturated heterocycles. The summed E-state index contributed by atoms with van der Waals surface area (Å²) in [5.41, 5.74) is 4.92. The third-order valence-electron chi connectivity index (χ3n) is 6.32. The molecule has 3 nitrogen and oxygen atoms in total. The highest BCUT2D eigenvalue weighted by Crippen LogP contribution is 2.45. The minimum Gasteiger partial charge on any atom is -0.365 e. The van der Waals surface area contributed by atoms with E-state index in [1.807, 2.05) is 11.8 Å². The molecule has 1 fully saturated rings. The Morgan fingerprint density at radius 1 is 0.828 bits per heavy atom. The van der Waals surface area contributed by atoms with Gasteiger partial charge in [0.1, 0.15) is 5.84 Å². The Labute approximate surface area is 175 Å². The Bertz CT molecular complexity index is 1120. The van der Waals surface area contributed by atoms with Crippen LogP contribution >= 0.6 is 11.8 Å². The lowest BCUT2D eigenvalue weighted by atomic mass is 9.83. The van der Waals surface area contributed by atoms with E-state index in [-0.39, 0.29) is 5.60 Å². The number of ether oxygens (including phenoxy) is 1. The normalized spacial score (nSPS) is 19.2. The van der Waals surface area contributed by atoms with Crippen LogP contribution in [0.4, 0.5) is 5.69 Å². The van der Waals surface area contributed by atoms with Crippen molar-refractivity contribution in [2.45, 2.75) is 34.8 Å². The van der Waals surface area contributed by atoms with Crippen molar-refractivity contribution in [2.24, 2.45) is 4.99 Å². The van der Waals surface area contributed by atoms with E-state index in [0.717, 1.165) is 44.1 Å². The lowest BCUT2D eigenvalue weighted by molar-refractivity contribution is -0.0704. The molecule has 0 saturated carbocycles. The van der Waals surface area contributed by atoms with Crippen LogP contribution in [0.1, 0.15) is 29.5 Å². The fourth-order valence-electron chi connectivity index (χ4n) is 4.79. The maximum Gasteiger partial charge on any atom is 0.137 e. The number of hydrogen-bond acceptors (Lipinski definition) is 4. The summed E-state index contributed by atoms with van der Waals surface area (Å²) in [5, 5.41) is 0.